The van der Waals surface area contributed by atoms with Crippen molar-refractivity contribution in [3.05, 3.63) is 46.1 Å². The number of likely N-dealkylation sites (tertiary alicyclic amines) is 2. The summed E-state index contributed by atoms with van der Waals surface area (Å²) in [6.45, 7) is 7.63. The highest BCUT2D eigenvalue weighted by atomic mass is 127. The molecule has 0 aromatic carbocycles. The molecule has 0 saturated carbocycles. The smallest absolute Gasteiger partial charge is 0.337 e. The van der Waals surface area contributed by atoms with Crippen LogP contribution < -0.4 is 3.53 Å². The van der Waals surface area contributed by atoms with Crippen LogP contribution in [0.2, 0.25) is 0 Å². The molecular formula is C27H27F3IN5O3S. The number of pyridine rings is 2. The Bertz CT molecular complexity index is 1540. The van der Waals surface area contributed by atoms with Gasteiger partial charge in [0.25, 0.3) is 5.91 Å². The number of rotatable bonds is 5. The summed E-state index contributed by atoms with van der Waals surface area (Å²) in [5, 5.41) is 0. The molecule has 3 aromatic heterocycles. The van der Waals surface area contributed by atoms with E-state index >= 15 is 0 Å². The number of hydrogen-bond acceptors (Lipinski definition) is 7. The summed E-state index contributed by atoms with van der Waals surface area (Å²) < 4.78 is 45.2. The third-order valence-corrected chi connectivity index (χ3v) is 9.92. The molecule has 13 heteroatoms. The number of carbonyl (C=O) groups is 3. The molecule has 1 unspecified atom stereocenters. The van der Waals surface area contributed by atoms with E-state index in [1.54, 1.807) is 37.8 Å². The van der Waals surface area contributed by atoms with Gasteiger partial charge in [0, 0.05) is 64.6 Å². The fourth-order valence-electron chi connectivity index (χ4n) is 5.21. The van der Waals surface area contributed by atoms with Crippen molar-refractivity contribution in [1.29, 1.82) is 0 Å². The number of imide groups is 1. The van der Waals surface area contributed by atoms with Crippen LogP contribution in [-0.4, -0.2) is 56.6 Å². The third-order valence-electron chi connectivity index (χ3n) is 7.90. The van der Waals surface area contributed by atoms with Crippen LogP contribution in [0.15, 0.2) is 24.4 Å². The normalized spacial score (nSPS) is 21.2. The fourth-order valence-corrected chi connectivity index (χ4v) is 6.83. The minimum absolute atomic E-state index is 0.0329. The van der Waals surface area contributed by atoms with Gasteiger partial charge in [0.1, 0.15) is 5.69 Å². The van der Waals surface area contributed by atoms with Gasteiger partial charge in [-0.25, -0.2) is 4.98 Å². The summed E-state index contributed by atoms with van der Waals surface area (Å²) in [5.74, 6) is -1.40. The quantitative estimate of drug-likeness (QED) is 0.221. The van der Waals surface area contributed by atoms with E-state index in [2.05, 4.69) is 13.5 Å². The number of aryl methyl sites for hydroxylation is 1. The monoisotopic (exact) mass is 685 g/mol. The third kappa shape index (κ3) is 4.89. The molecule has 0 aliphatic carbocycles. The largest absolute Gasteiger partial charge is 0.433 e. The van der Waals surface area contributed by atoms with Gasteiger partial charge < -0.3 is 4.90 Å². The van der Waals surface area contributed by atoms with Crippen molar-refractivity contribution in [2.24, 2.45) is 11.3 Å². The number of fused-ring (bicyclic) bond motifs is 1. The van der Waals surface area contributed by atoms with Gasteiger partial charge in [0.2, 0.25) is 11.8 Å². The SMILES string of the molecule is Cc1cc(C(F)(F)F)nc(-c2ccnc3cc(CN4C(=O)C(C)C(C)(C)C4=O)sc23)c1C(=O)N1CC[C@@H](NI)C1. The van der Waals surface area contributed by atoms with Crippen molar-refractivity contribution in [3.8, 4) is 11.3 Å². The molecule has 212 valence electrons. The van der Waals surface area contributed by atoms with Crippen LogP contribution >= 0.6 is 34.2 Å². The molecule has 2 aliphatic heterocycles. The number of aromatic nitrogens is 2. The van der Waals surface area contributed by atoms with E-state index in [0.717, 1.165) is 12.5 Å². The van der Waals surface area contributed by atoms with Gasteiger partial charge in [-0.15, -0.1) is 11.3 Å². The van der Waals surface area contributed by atoms with Gasteiger partial charge in [-0.1, -0.05) is 20.8 Å². The maximum Gasteiger partial charge on any atom is 0.433 e. The van der Waals surface area contributed by atoms with E-state index in [9.17, 15) is 27.6 Å². The number of alkyl halides is 3. The standard InChI is InChI=1S/C27H27F3IN5O3S/c1-13-9-19(27(28,29)30)33-21(20(13)24(38)35-8-6-15(11-35)34-31)17-5-7-32-18-10-16(40-22(17)18)12-36-23(37)14(2)26(3,4)25(36)39/h5,7,9-10,14-15,34H,6,8,11-12H2,1-4H3/t14?,15-/m1/s1. The minimum Gasteiger partial charge on any atom is -0.337 e. The lowest BCUT2D eigenvalue weighted by Crippen LogP contribution is -2.33. The highest BCUT2D eigenvalue weighted by Gasteiger charge is 2.51. The lowest BCUT2D eigenvalue weighted by atomic mass is 9.82. The van der Waals surface area contributed by atoms with Gasteiger partial charge in [-0.3, -0.25) is 27.8 Å². The molecule has 0 bridgehead atoms. The molecule has 2 atom stereocenters. The topological polar surface area (TPSA) is 95.5 Å². The van der Waals surface area contributed by atoms with Gasteiger partial charge in [0.05, 0.1) is 33.4 Å². The molecule has 40 heavy (non-hydrogen) atoms. The molecule has 0 spiro atoms. The van der Waals surface area contributed by atoms with Gasteiger partial charge >= 0.3 is 6.18 Å². The zero-order valence-electron chi connectivity index (χ0n) is 22.2. The number of nitrogens with one attached hydrogen (secondary N) is 1. The predicted octanol–water partition coefficient (Wildman–Crippen LogP) is 5.37. The molecule has 0 radical (unpaired) electrons. The molecular weight excluding hydrogens is 658 g/mol. The van der Waals surface area contributed by atoms with Crippen LogP contribution in [0.3, 0.4) is 0 Å². The van der Waals surface area contributed by atoms with Crippen LogP contribution in [-0.2, 0) is 22.3 Å². The Balaban J connectivity index is 1.61. The van der Waals surface area contributed by atoms with Gasteiger partial charge in [-0.2, -0.15) is 13.2 Å². The number of nitrogens with zero attached hydrogens (tertiary/aromatic N) is 4. The summed E-state index contributed by atoms with van der Waals surface area (Å²) in [6.07, 6.45) is -2.52. The molecule has 1 N–H and O–H groups in total. The Kier molecular flexibility index (Phi) is 7.45. The second-order valence-corrected chi connectivity index (χ2v) is 12.6. The zero-order valence-corrected chi connectivity index (χ0v) is 25.2. The summed E-state index contributed by atoms with van der Waals surface area (Å²) >= 11 is 3.25. The molecule has 2 saturated heterocycles. The van der Waals surface area contributed by atoms with Crippen molar-refractivity contribution in [2.75, 3.05) is 13.1 Å². The molecule has 5 rings (SSSR count). The van der Waals surface area contributed by atoms with E-state index in [4.69, 9.17) is 0 Å². The maximum atomic E-state index is 13.9. The fraction of sp³-hybridized carbons (Fsp3) is 0.444. The number of carbonyl (C=O) groups excluding carboxylic acids is 3. The molecule has 2 fully saturated rings. The first-order valence-corrected chi connectivity index (χ1v) is 14.6. The average Bonchev–Trinajstić information content (AvgIpc) is 3.58. The molecule has 3 aromatic rings. The second kappa shape index (κ2) is 10.3. The van der Waals surface area contributed by atoms with E-state index in [0.29, 0.717) is 33.7 Å². The lowest BCUT2D eigenvalue weighted by Gasteiger charge is -2.21. The van der Waals surface area contributed by atoms with E-state index in [1.165, 1.54) is 29.4 Å². The first-order valence-electron chi connectivity index (χ1n) is 12.7. The van der Waals surface area contributed by atoms with E-state index in [1.807, 2.05) is 22.9 Å². The number of thiophene rings is 1. The van der Waals surface area contributed by atoms with Crippen LogP contribution in [0.5, 0.6) is 0 Å². The van der Waals surface area contributed by atoms with Crippen molar-refractivity contribution in [2.45, 2.75) is 52.9 Å². The second-order valence-electron chi connectivity index (χ2n) is 10.9. The van der Waals surface area contributed by atoms with Gasteiger partial charge in [-0.05, 0) is 37.1 Å². The van der Waals surface area contributed by atoms with Gasteiger partial charge in [0.15, 0.2) is 0 Å². The Morgan fingerprint density at radius 2 is 2.00 bits per heavy atom. The summed E-state index contributed by atoms with van der Waals surface area (Å²) in [5.41, 5.74) is -0.857. The Labute approximate surface area is 246 Å². The van der Waals surface area contributed by atoms with Crippen molar-refractivity contribution in [1.82, 2.24) is 23.3 Å². The predicted molar refractivity (Wildman–Crippen MR) is 153 cm³/mol. The van der Waals surface area contributed by atoms with Crippen LogP contribution in [0.1, 0.15) is 53.7 Å². The van der Waals surface area contributed by atoms with Crippen LogP contribution in [0.4, 0.5) is 13.2 Å². The number of hydrogen-bond donors (Lipinski definition) is 1. The molecule has 8 nitrogen and oxygen atoms in total. The highest BCUT2D eigenvalue weighted by Crippen LogP contribution is 2.41. The summed E-state index contributed by atoms with van der Waals surface area (Å²) in [4.78, 5) is 51.3. The first-order chi connectivity index (χ1) is 18.7. The Morgan fingerprint density at radius 1 is 1.27 bits per heavy atom. The Morgan fingerprint density at radius 3 is 2.60 bits per heavy atom. The zero-order chi connectivity index (χ0) is 29.1. The molecule has 2 aliphatic rings. The summed E-state index contributed by atoms with van der Waals surface area (Å²) in [6, 6.07) is 4.27. The number of amides is 3. The average molecular weight is 686 g/mol. The van der Waals surface area contributed by atoms with Crippen molar-refractivity contribution >= 4 is 62.1 Å². The minimum atomic E-state index is -4.71. The van der Waals surface area contributed by atoms with Crippen molar-refractivity contribution in [3.63, 3.8) is 0 Å². The molecule has 5 heterocycles. The highest BCUT2D eigenvalue weighted by molar-refractivity contribution is 14.1. The maximum absolute atomic E-state index is 13.9. The lowest BCUT2D eigenvalue weighted by molar-refractivity contribution is -0.142. The van der Waals surface area contributed by atoms with Crippen LogP contribution in [0, 0.1) is 18.3 Å². The van der Waals surface area contributed by atoms with Crippen molar-refractivity contribution < 1.29 is 27.6 Å². The summed E-state index contributed by atoms with van der Waals surface area (Å²) in [7, 11) is 0. The van der Waals surface area contributed by atoms with E-state index in [-0.39, 0.29) is 47.1 Å². The molecule has 3 amide bonds. The first kappa shape index (κ1) is 28.9. The Hall–Kier alpha value is -2.65. The van der Waals surface area contributed by atoms with E-state index < -0.39 is 23.2 Å². The number of halogens is 4. The van der Waals surface area contributed by atoms with Crippen LogP contribution in [0.25, 0.3) is 21.5 Å².